The number of nitrogens with zero attached hydrogens (tertiary/aromatic N) is 5. The van der Waals surface area contributed by atoms with Gasteiger partial charge in [0.15, 0.2) is 5.65 Å². The third kappa shape index (κ3) is 3.02. The number of nitrogens with one attached hydrogen (secondary N) is 2. The van der Waals surface area contributed by atoms with Gasteiger partial charge in [0.05, 0.1) is 17.3 Å². The first-order chi connectivity index (χ1) is 11.7. The normalized spacial score (nSPS) is 11.9. The zero-order chi connectivity index (χ0) is 18.4. The molecule has 1 amide bonds. The molecule has 0 fully saturated rings. The van der Waals surface area contributed by atoms with E-state index in [9.17, 15) is 9.59 Å². The Bertz CT molecular complexity index is 1010. The van der Waals surface area contributed by atoms with Crippen molar-refractivity contribution in [2.75, 3.05) is 11.2 Å². The Hall–Kier alpha value is -2.68. The number of alkyl halides is 1. The van der Waals surface area contributed by atoms with E-state index in [1.807, 2.05) is 0 Å². The molecule has 0 atom stereocenters. The molecular formula is C15H18ClN7O2. The molecule has 0 radical (unpaired) electrons. The first kappa shape index (κ1) is 17.2. The van der Waals surface area contributed by atoms with Gasteiger partial charge in [-0.1, -0.05) is 0 Å². The van der Waals surface area contributed by atoms with Crippen LogP contribution in [0.3, 0.4) is 0 Å². The summed E-state index contributed by atoms with van der Waals surface area (Å²) in [4.78, 5) is 31.7. The number of amides is 1. The minimum Gasteiger partial charge on any atom is -0.310 e. The summed E-state index contributed by atoms with van der Waals surface area (Å²) in [5, 5.41) is 11.5. The fraction of sp³-hybridized carbons (Fsp3) is 0.400. The fourth-order valence-corrected chi connectivity index (χ4v) is 2.34. The lowest BCUT2D eigenvalue weighted by molar-refractivity contribution is -0.123. The van der Waals surface area contributed by atoms with Crippen molar-refractivity contribution in [1.29, 1.82) is 0 Å². The Labute approximate surface area is 148 Å². The Balaban J connectivity index is 2.08. The molecule has 3 aromatic rings. The lowest BCUT2D eigenvalue weighted by atomic mass is 9.95. The number of carbonyl (C=O) groups excluding carboxylic acids is 1. The SMILES string of the molecule is Cc1cc(NC(=O)C(C)(C)CCl)n(-c2nc3c(cnn3C)c(=O)[nH]2)n1. The molecule has 0 saturated carbocycles. The van der Waals surface area contributed by atoms with Crippen molar-refractivity contribution in [1.82, 2.24) is 29.5 Å². The van der Waals surface area contributed by atoms with E-state index in [1.54, 1.807) is 33.9 Å². The Morgan fingerprint density at radius 1 is 1.44 bits per heavy atom. The first-order valence-corrected chi connectivity index (χ1v) is 8.13. The summed E-state index contributed by atoms with van der Waals surface area (Å²) in [6.45, 7) is 5.26. The molecule has 0 spiro atoms. The van der Waals surface area contributed by atoms with Gasteiger partial charge in [0.25, 0.3) is 5.56 Å². The van der Waals surface area contributed by atoms with Gasteiger partial charge in [0, 0.05) is 19.0 Å². The molecule has 3 heterocycles. The quantitative estimate of drug-likeness (QED) is 0.680. The maximum Gasteiger partial charge on any atom is 0.263 e. The third-order valence-electron chi connectivity index (χ3n) is 3.81. The molecule has 2 N–H and O–H groups in total. The number of aromatic nitrogens is 6. The summed E-state index contributed by atoms with van der Waals surface area (Å²) in [5.74, 6) is 0.494. The number of carbonyl (C=O) groups is 1. The van der Waals surface area contributed by atoms with E-state index < -0.39 is 5.41 Å². The van der Waals surface area contributed by atoms with Gasteiger partial charge >= 0.3 is 0 Å². The summed E-state index contributed by atoms with van der Waals surface area (Å²) >= 11 is 5.85. The summed E-state index contributed by atoms with van der Waals surface area (Å²) in [6, 6.07) is 1.69. The first-order valence-electron chi connectivity index (χ1n) is 7.59. The molecule has 0 bridgehead atoms. The number of halogens is 1. The molecule has 0 aliphatic heterocycles. The lowest BCUT2D eigenvalue weighted by Crippen LogP contribution is -2.33. The molecule has 9 nitrogen and oxygen atoms in total. The number of aryl methyl sites for hydroxylation is 2. The average Bonchev–Trinajstić information content (AvgIpc) is 3.11. The predicted octanol–water partition coefficient (Wildman–Crippen LogP) is 1.35. The summed E-state index contributed by atoms with van der Waals surface area (Å²) in [6.07, 6.45) is 1.45. The van der Waals surface area contributed by atoms with Crippen molar-refractivity contribution in [2.45, 2.75) is 20.8 Å². The molecule has 0 aliphatic rings. The number of H-pyrrole nitrogens is 1. The van der Waals surface area contributed by atoms with E-state index in [1.165, 1.54) is 15.6 Å². The largest absolute Gasteiger partial charge is 0.310 e. The molecule has 25 heavy (non-hydrogen) atoms. The molecule has 0 saturated heterocycles. The smallest absolute Gasteiger partial charge is 0.263 e. The van der Waals surface area contributed by atoms with Crippen LogP contribution < -0.4 is 10.9 Å². The van der Waals surface area contributed by atoms with Crippen molar-refractivity contribution in [3.63, 3.8) is 0 Å². The zero-order valence-electron chi connectivity index (χ0n) is 14.3. The Morgan fingerprint density at radius 3 is 2.84 bits per heavy atom. The van der Waals surface area contributed by atoms with Crippen LogP contribution in [0.2, 0.25) is 0 Å². The van der Waals surface area contributed by atoms with E-state index in [4.69, 9.17) is 11.6 Å². The van der Waals surface area contributed by atoms with E-state index in [0.717, 1.165) is 0 Å². The van der Waals surface area contributed by atoms with Crippen LogP contribution in [0.15, 0.2) is 17.1 Å². The topological polar surface area (TPSA) is 110 Å². The molecule has 132 valence electrons. The van der Waals surface area contributed by atoms with E-state index in [0.29, 0.717) is 22.5 Å². The van der Waals surface area contributed by atoms with Gasteiger partial charge < -0.3 is 5.32 Å². The van der Waals surface area contributed by atoms with Crippen LogP contribution >= 0.6 is 11.6 Å². The van der Waals surface area contributed by atoms with Crippen LogP contribution in [0, 0.1) is 12.3 Å². The Morgan fingerprint density at radius 2 is 2.16 bits per heavy atom. The highest BCUT2D eigenvalue weighted by atomic mass is 35.5. The van der Waals surface area contributed by atoms with Crippen LogP contribution in [0.25, 0.3) is 17.0 Å². The van der Waals surface area contributed by atoms with Gasteiger partial charge in [-0.3, -0.25) is 19.3 Å². The molecule has 10 heteroatoms. The Kier molecular flexibility index (Phi) is 4.11. The monoisotopic (exact) mass is 363 g/mol. The highest BCUT2D eigenvalue weighted by molar-refractivity contribution is 6.20. The number of fused-ring (bicyclic) bond motifs is 1. The number of aromatic amines is 1. The molecular weight excluding hydrogens is 346 g/mol. The van der Waals surface area contributed by atoms with E-state index in [-0.39, 0.29) is 23.3 Å². The highest BCUT2D eigenvalue weighted by Crippen LogP contribution is 2.22. The maximum atomic E-state index is 12.4. The lowest BCUT2D eigenvalue weighted by Gasteiger charge is -2.20. The fourth-order valence-electron chi connectivity index (χ4n) is 2.22. The van der Waals surface area contributed by atoms with Gasteiger partial charge in [0.2, 0.25) is 11.9 Å². The average molecular weight is 364 g/mol. The van der Waals surface area contributed by atoms with E-state index in [2.05, 4.69) is 25.5 Å². The molecule has 0 aliphatic carbocycles. The zero-order valence-corrected chi connectivity index (χ0v) is 15.0. The van der Waals surface area contributed by atoms with Crippen molar-refractivity contribution in [3.05, 3.63) is 28.3 Å². The highest BCUT2D eigenvalue weighted by Gasteiger charge is 2.28. The van der Waals surface area contributed by atoms with Crippen LogP contribution in [0.1, 0.15) is 19.5 Å². The second kappa shape index (κ2) is 5.99. The van der Waals surface area contributed by atoms with Crippen LogP contribution in [0.4, 0.5) is 5.82 Å². The van der Waals surface area contributed by atoms with Gasteiger partial charge in [-0.05, 0) is 20.8 Å². The van der Waals surface area contributed by atoms with Crippen molar-refractivity contribution in [2.24, 2.45) is 12.5 Å². The molecule has 0 aromatic carbocycles. The third-order valence-corrected chi connectivity index (χ3v) is 4.48. The van der Waals surface area contributed by atoms with Gasteiger partial charge in [-0.25, -0.2) is 0 Å². The number of hydrogen-bond acceptors (Lipinski definition) is 5. The van der Waals surface area contributed by atoms with Crippen molar-refractivity contribution in [3.8, 4) is 5.95 Å². The summed E-state index contributed by atoms with van der Waals surface area (Å²) < 4.78 is 2.88. The molecule has 3 aromatic heterocycles. The van der Waals surface area contributed by atoms with Crippen LogP contribution in [-0.4, -0.2) is 41.3 Å². The second-order valence-electron chi connectivity index (χ2n) is 6.45. The van der Waals surface area contributed by atoms with Gasteiger partial charge in [-0.15, -0.1) is 11.6 Å². The predicted molar refractivity (Wildman–Crippen MR) is 94.1 cm³/mol. The number of hydrogen-bond donors (Lipinski definition) is 2. The molecule has 3 rings (SSSR count). The second-order valence-corrected chi connectivity index (χ2v) is 6.72. The van der Waals surface area contributed by atoms with Gasteiger partial charge in [0.1, 0.15) is 11.2 Å². The standard InChI is InChI=1S/C15H18ClN7O2/c1-8-5-10(18-13(25)15(2,3)7-16)23(21-8)14-19-11-9(12(24)20-14)6-17-22(11)4/h5-6H,7H2,1-4H3,(H,18,25)(H,19,20,24). The summed E-state index contributed by atoms with van der Waals surface area (Å²) in [5.41, 5.74) is -0.00572. The van der Waals surface area contributed by atoms with Crippen molar-refractivity contribution >= 4 is 34.4 Å². The van der Waals surface area contributed by atoms with Crippen LogP contribution in [-0.2, 0) is 11.8 Å². The van der Waals surface area contributed by atoms with Crippen LogP contribution in [0.5, 0.6) is 0 Å². The molecule has 0 unspecified atom stereocenters. The minimum atomic E-state index is -0.753. The number of anilines is 1. The number of rotatable bonds is 4. The maximum absolute atomic E-state index is 12.4. The van der Waals surface area contributed by atoms with E-state index >= 15 is 0 Å². The van der Waals surface area contributed by atoms with Gasteiger partial charge in [-0.2, -0.15) is 19.9 Å². The minimum absolute atomic E-state index is 0.169. The van der Waals surface area contributed by atoms with Crippen molar-refractivity contribution < 1.29 is 4.79 Å². The summed E-state index contributed by atoms with van der Waals surface area (Å²) in [7, 11) is 1.69.